The first-order valence-corrected chi connectivity index (χ1v) is 5.02. The molecular formula is C10H19N3O. The van der Waals surface area contributed by atoms with E-state index in [2.05, 4.69) is 22.1 Å². The van der Waals surface area contributed by atoms with Crippen molar-refractivity contribution in [3.8, 4) is 0 Å². The molecule has 1 aliphatic heterocycles. The van der Waals surface area contributed by atoms with Gasteiger partial charge in [-0.25, -0.2) is 0 Å². The van der Waals surface area contributed by atoms with Gasteiger partial charge in [-0.05, 0) is 6.92 Å². The smallest absolute Gasteiger partial charge is 0.234 e. The summed E-state index contributed by atoms with van der Waals surface area (Å²) in [5.41, 5.74) is 0.985. The summed E-state index contributed by atoms with van der Waals surface area (Å²) in [5.74, 6) is 0.0925. The quantitative estimate of drug-likeness (QED) is 0.602. The molecule has 1 aliphatic rings. The van der Waals surface area contributed by atoms with Gasteiger partial charge in [0, 0.05) is 32.7 Å². The zero-order valence-electron chi connectivity index (χ0n) is 8.81. The Balaban J connectivity index is 2.15. The molecule has 4 nitrogen and oxygen atoms in total. The molecule has 0 radical (unpaired) electrons. The molecule has 0 saturated carbocycles. The third-order valence-corrected chi connectivity index (χ3v) is 2.16. The summed E-state index contributed by atoms with van der Waals surface area (Å²) >= 11 is 0. The molecular weight excluding hydrogens is 178 g/mol. The Morgan fingerprint density at radius 2 is 2.14 bits per heavy atom. The molecule has 0 aliphatic carbocycles. The molecule has 0 spiro atoms. The molecule has 0 aromatic carbocycles. The lowest BCUT2D eigenvalue weighted by molar-refractivity contribution is -0.122. The monoisotopic (exact) mass is 197 g/mol. The van der Waals surface area contributed by atoms with Crippen LogP contribution in [0, 0.1) is 0 Å². The van der Waals surface area contributed by atoms with Gasteiger partial charge in [-0.2, -0.15) is 0 Å². The minimum absolute atomic E-state index is 0.0925. The van der Waals surface area contributed by atoms with Gasteiger partial charge in [0.25, 0.3) is 0 Å². The highest BCUT2D eigenvalue weighted by atomic mass is 16.2. The largest absolute Gasteiger partial charge is 0.351 e. The lowest BCUT2D eigenvalue weighted by atomic mass is 10.3. The molecule has 2 N–H and O–H groups in total. The van der Waals surface area contributed by atoms with Crippen LogP contribution in [0.5, 0.6) is 0 Å². The number of hydrogen-bond acceptors (Lipinski definition) is 3. The maximum Gasteiger partial charge on any atom is 0.234 e. The van der Waals surface area contributed by atoms with Crippen molar-refractivity contribution in [2.24, 2.45) is 0 Å². The third kappa shape index (κ3) is 4.39. The average Bonchev–Trinajstić information content (AvgIpc) is 2.16. The Morgan fingerprint density at radius 3 is 2.71 bits per heavy atom. The van der Waals surface area contributed by atoms with Gasteiger partial charge in [0.1, 0.15) is 0 Å². The Morgan fingerprint density at radius 1 is 1.50 bits per heavy atom. The maximum absolute atomic E-state index is 11.4. The number of nitrogens with one attached hydrogen (secondary N) is 2. The van der Waals surface area contributed by atoms with Gasteiger partial charge in [-0.3, -0.25) is 9.69 Å². The first-order valence-electron chi connectivity index (χ1n) is 5.02. The number of carbonyl (C=O) groups is 1. The molecule has 80 valence electrons. The molecule has 0 bridgehead atoms. The number of nitrogens with zero attached hydrogens (tertiary/aromatic N) is 1. The second kappa shape index (κ2) is 5.78. The number of hydrogen-bond donors (Lipinski definition) is 2. The van der Waals surface area contributed by atoms with E-state index in [1.165, 1.54) is 0 Å². The molecule has 0 aromatic rings. The summed E-state index contributed by atoms with van der Waals surface area (Å²) in [6.07, 6.45) is 0. The number of carbonyl (C=O) groups excluding carboxylic acids is 1. The zero-order valence-corrected chi connectivity index (χ0v) is 8.81. The predicted molar refractivity (Wildman–Crippen MR) is 57.1 cm³/mol. The van der Waals surface area contributed by atoms with Gasteiger partial charge in [0.2, 0.25) is 5.91 Å². The summed E-state index contributed by atoms with van der Waals surface area (Å²) < 4.78 is 0. The zero-order chi connectivity index (χ0) is 10.4. The van der Waals surface area contributed by atoms with Crippen LogP contribution >= 0.6 is 0 Å². The minimum Gasteiger partial charge on any atom is -0.351 e. The van der Waals surface area contributed by atoms with Gasteiger partial charge >= 0.3 is 0 Å². The number of amides is 1. The van der Waals surface area contributed by atoms with Crippen molar-refractivity contribution in [3.63, 3.8) is 0 Å². The van der Waals surface area contributed by atoms with Crippen LogP contribution in [0.1, 0.15) is 6.92 Å². The highest BCUT2D eigenvalue weighted by molar-refractivity contribution is 5.78. The van der Waals surface area contributed by atoms with E-state index in [1.54, 1.807) is 0 Å². The van der Waals surface area contributed by atoms with Gasteiger partial charge in [-0.1, -0.05) is 12.2 Å². The van der Waals surface area contributed by atoms with Crippen molar-refractivity contribution < 1.29 is 4.79 Å². The van der Waals surface area contributed by atoms with E-state index in [0.717, 1.165) is 31.8 Å². The fourth-order valence-corrected chi connectivity index (χ4v) is 1.38. The van der Waals surface area contributed by atoms with Crippen molar-refractivity contribution in [1.29, 1.82) is 0 Å². The van der Waals surface area contributed by atoms with Crippen LogP contribution in [0.15, 0.2) is 12.2 Å². The van der Waals surface area contributed by atoms with Crippen LogP contribution in [-0.4, -0.2) is 50.1 Å². The Kier molecular flexibility index (Phi) is 4.62. The molecule has 1 saturated heterocycles. The lowest BCUT2D eigenvalue weighted by Gasteiger charge is -2.26. The third-order valence-electron chi connectivity index (χ3n) is 2.16. The van der Waals surface area contributed by atoms with E-state index < -0.39 is 0 Å². The molecule has 1 heterocycles. The first-order chi connectivity index (χ1) is 6.68. The van der Waals surface area contributed by atoms with Gasteiger partial charge in [-0.15, -0.1) is 0 Å². The summed E-state index contributed by atoms with van der Waals surface area (Å²) in [6, 6.07) is 0. The Hall–Kier alpha value is -0.870. The fourth-order valence-electron chi connectivity index (χ4n) is 1.38. The first kappa shape index (κ1) is 11.2. The van der Waals surface area contributed by atoms with Gasteiger partial charge < -0.3 is 10.6 Å². The number of rotatable bonds is 4. The van der Waals surface area contributed by atoms with Crippen LogP contribution in [-0.2, 0) is 4.79 Å². The standard InChI is InChI=1S/C10H19N3O/c1-9(2)7-12-10(14)8-13-5-3-11-4-6-13/h11H,1,3-8H2,2H3,(H,12,14). The van der Waals surface area contributed by atoms with E-state index in [4.69, 9.17) is 0 Å². The number of piperazine rings is 1. The van der Waals surface area contributed by atoms with Crippen molar-refractivity contribution in [2.75, 3.05) is 39.3 Å². The molecule has 0 aromatic heterocycles. The van der Waals surface area contributed by atoms with E-state index in [9.17, 15) is 4.79 Å². The fraction of sp³-hybridized carbons (Fsp3) is 0.700. The second-order valence-corrected chi connectivity index (χ2v) is 3.76. The van der Waals surface area contributed by atoms with E-state index >= 15 is 0 Å². The summed E-state index contributed by atoms with van der Waals surface area (Å²) in [5, 5.41) is 6.08. The Labute approximate surface area is 85.3 Å². The SMILES string of the molecule is C=C(C)CNC(=O)CN1CCNCC1. The maximum atomic E-state index is 11.4. The molecule has 0 unspecified atom stereocenters. The van der Waals surface area contributed by atoms with Crippen LogP contribution < -0.4 is 10.6 Å². The minimum atomic E-state index is 0.0925. The lowest BCUT2D eigenvalue weighted by Crippen LogP contribution is -2.47. The van der Waals surface area contributed by atoms with Crippen LogP contribution in [0.3, 0.4) is 0 Å². The topological polar surface area (TPSA) is 44.4 Å². The van der Waals surface area contributed by atoms with Crippen molar-refractivity contribution in [3.05, 3.63) is 12.2 Å². The predicted octanol–water partition coefficient (Wildman–Crippen LogP) is -0.416. The molecule has 1 rings (SSSR count). The highest BCUT2D eigenvalue weighted by Gasteiger charge is 2.12. The molecule has 14 heavy (non-hydrogen) atoms. The highest BCUT2D eigenvalue weighted by Crippen LogP contribution is 1.91. The summed E-state index contributed by atoms with van der Waals surface area (Å²) in [6.45, 7) is 10.6. The summed E-state index contributed by atoms with van der Waals surface area (Å²) in [4.78, 5) is 13.6. The molecule has 1 fully saturated rings. The van der Waals surface area contributed by atoms with Crippen LogP contribution in [0.4, 0.5) is 0 Å². The van der Waals surface area contributed by atoms with Gasteiger partial charge in [0.05, 0.1) is 6.54 Å². The van der Waals surface area contributed by atoms with E-state index in [-0.39, 0.29) is 5.91 Å². The van der Waals surface area contributed by atoms with E-state index in [0.29, 0.717) is 13.1 Å². The van der Waals surface area contributed by atoms with E-state index in [1.807, 2.05) is 6.92 Å². The summed E-state index contributed by atoms with van der Waals surface area (Å²) in [7, 11) is 0. The van der Waals surface area contributed by atoms with Crippen LogP contribution in [0.2, 0.25) is 0 Å². The molecule has 1 amide bonds. The van der Waals surface area contributed by atoms with Crippen molar-refractivity contribution in [2.45, 2.75) is 6.92 Å². The van der Waals surface area contributed by atoms with Crippen LogP contribution in [0.25, 0.3) is 0 Å². The molecule has 4 heteroatoms. The molecule has 0 atom stereocenters. The van der Waals surface area contributed by atoms with Crippen molar-refractivity contribution >= 4 is 5.91 Å². The Bertz CT molecular complexity index is 209. The normalized spacial score (nSPS) is 17.8. The van der Waals surface area contributed by atoms with Gasteiger partial charge in [0.15, 0.2) is 0 Å². The average molecular weight is 197 g/mol. The van der Waals surface area contributed by atoms with Crippen molar-refractivity contribution in [1.82, 2.24) is 15.5 Å². The second-order valence-electron chi connectivity index (χ2n) is 3.76.